The molecule has 132 valence electrons. The topological polar surface area (TPSA) is 58.6 Å². The summed E-state index contributed by atoms with van der Waals surface area (Å²) in [5.74, 6) is 0.869. The van der Waals surface area contributed by atoms with E-state index in [0.717, 1.165) is 25.9 Å². The van der Waals surface area contributed by atoms with E-state index in [4.69, 9.17) is 4.74 Å². The molecule has 1 saturated heterocycles. The molecule has 5 nitrogen and oxygen atoms in total. The number of hydrogen-bond acceptors (Lipinski definition) is 3. The van der Waals surface area contributed by atoms with Crippen molar-refractivity contribution >= 4 is 11.8 Å². The largest absolute Gasteiger partial charge is 0.497 e. The van der Waals surface area contributed by atoms with Crippen LogP contribution in [0.1, 0.15) is 49.9 Å². The zero-order chi connectivity index (χ0) is 17.5. The molecule has 0 spiro atoms. The van der Waals surface area contributed by atoms with Gasteiger partial charge in [-0.05, 0) is 55.9 Å². The molecule has 0 aromatic heterocycles. The van der Waals surface area contributed by atoms with Gasteiger partial charge in [0.05, 0.1) is 7.11 Å². The van der Waals surface area contributed by atoms with E-state index in [9.17, 15) is 9.59 Å². The van der Waals surface area contributed by atoms with Crippen molar-refractivity contribution < 1.29 is 14.3 Å². The Balaban J connectivity index is 2.06. The minimum Gasteiger partial charge on any atom is -0.497 e. The van der Waals surface area contributed by atoms with E-state index in [2.05, 4.69) is 19.2 Å². The summed E-state index contributed by atoms with van der Waals surface area (Å²) in [4.78, 5) is 27.2. The molecular weight excluding hydrogens is 304 g/mol. The molecular formula is C19H28N2O3. The van der Waals surface area contributed by atoms with E-state index in [-0.39, 0.29) is 11.8 Å². The maximum absolute atomic E-state index is 12.8. The van der Waals surface area contributed by atoms with Crippen LogP contribution in [0.4, 0.5) is 0 Å². The van der Waals surface area contributed by atoms with Gasteiger partial charge < -0.3 is 15.0 Å². The molecule has 2 rings (SSSR count). The second-order valence-electron chi connectivity index (χ2n) is 6.77. The summed E-state index contributed by atoms with van der Waals surface area (Å²) in [7, 11) is 1.59. The molecule has 1 atom stereocenters. The zero-order valence-corrected chi connectivity index (χ0v) is 14.9. The standard InChI is InChI=1S/C19H28N2O3/c1-14(2)13-17(19(23)21-11-5-4-6-12-21)20-18(22)15-7-9-16(24-3)10-8-15/h7-10,14,17H,4-6,11-13H2,1-3H3,(H,20,22)/t17-/m0/s1. The van der Waals surface area contributed by atoms with Crippen LogP contribution in [0.25, 0.3) is 0 Å². The first-order valence-electron chi connectivity index (χ1n) is 8.75. The third-order valence-corrected chi connectivity index (χ3v) is 4.33. The molecule has 0 radical (unpaired) electrons. The SMILES string of the molecule is COc1ccc(C(=O)N[C@@H](CC(C)C)C(=O)N2CCCCC2)cc1. The van der Waals surface area contributed by atoms with Crippen molar-refractivity contribution in [3.63, 3.8) is 0 Å². The first kappa shape index (κ1) is 18.3. The molecule has 1 aliphatic heterocycles. The molecule has 1 aromatic carbocycles. The summed E-state index contributed by atoms with van der Waals surface area (Å²) in [5, 5.41) is 2.93. The van der Waals surface area contributed by atoms with Crippen LogP contribution < -0.4 is 10.1 Å². The van der Waals surface area contributed by atoms with Crippen LogP contribution in [-0.4, -0.2) is 43.0 Å². The maximum atomic E-state index is 12.8. The number of methoxy groups -OCH3 is 1. The van der Waals surface area contributed by atoms with Gasteiger partial charge in [-0.1, -0.05) is 13.8 Å². The number of carbonyl (C=O) groups excluding carboxylic acids is 2. The van der Waals surface area contributed by atoms with Crippen LogP contribution in [-0.2, 0) is 4.79 Å². The number of amides is 2. The lowest BCUT2D eigenvalue weighted by molar-refractivity contribution is -0.134. The van der Waals surface area contributed by atoms with Crippen molar-refractivity contribution in [2.45, 2.75) is 45.6 Å². The Morgan fingerprint density at radius 2 is 1.75 bits per heavy atom. The first-order chi connectivity index (χ1) is 11.5. The average molecular weight is 332 g/mol. The molecule has 1 fully saturated rings. The van der Waals surface area contributed by atoms with Gasteiger partial charge in [0, 0.05) is 18.7 Å². The van der Waals surface area contributed by atoms with Crippen molar-refractivity contribution in [2.75, 3.05) is 20.2 Å². The lowest BCUT2D eigenvalue weighted by Gasteiger charge is -2.31. The van der Waals surface area contributed by atoms with Gasteiger partial charge in [-0.25, -0.2) is 0 Å². The molecule has 5 heteroatoms. The van der Waals surface area contributed by atoms with E-state index >= 15 is 0 Å². The van der Waals surface area contributed by atoms with Crippen molar-refractivity contribution in [3.8, 4) is 5.75 Å². The second-order valence-corrected chi connectivity index (χ2v) is 6.77. The highest BCUT2D eigenvalue weighted by Crippen LogP contribution is 2.15. The molecule has 1 N–H and O–H groups in total. The van der Waals surface area contributed by atoms with Gasteiger partial charge in [-0.2, -0.15) is 0 Å². The maximum Gasteiger partial charge on any atom is 0.251 e. The number of benzene rings is 1. The van der Waals surface area contributed by atoms with Crippen LogP contribution in [0.5, 0.6) is 5.75 Å². The summed E-state index contributed by atoms with van der Waals surface area (Å²) in [6.07, 6.45) is 3.92. The summed E-state index contributed by atoms with van der Waals surface area (Å²) >= 11 is 0. The summed E-state index contributed by atoms with van der Waals surface area (Å²) in [5.41, 5.74) is 0.538. The number of ether oxygens (including phenoxy) is 1. The highest BCUT2D eigenvalue weighted by molar-refractivity contribution is 5.97. The summed E-state index contributed by atoms with van der Waals surface area (Å²) in [6.45, 7) is 5.73. The van der Waals surface area contributed by atoms with Gasteiger partial charge in [0.25, 0.3) is 5.91 Å². The predicted molar refractivity (Wildman–Crippen MR) is 94.1 cm³/mol. The van der Waals surface area contributed by atoms with Crippen LogP contribution in [0, 0.1) is 5.92 Å². The molecule has 24 heavy (non-hydrogen) atoms. The van der Waals surface area contributed by atoms with E-state index in [1.165, 1.54) is 6.42 Å². The highest BCUT2D eigenvalue weighted by atomic mass is 16.5. The average Bonchev–Trinajstić information content (AvgIpc) is 2.61. The molecule has 0 bridgehead atoms. The molecule has 0 unspecified atom stereocenters. The summed E-state index contributed by atoms with van der Waals surface area (Å²) < 4.78 is 5.11. The van der Waals surface area contributed by atoms with Gasteiger partial charge in [-0.3, -0.25) is 9.59 Å². The Labute approximate surface area is 144 Å². The minimum atomic E-state index is -0.460. The van der Waals surface area contributed by atoms with Gasteiger partial charge in [-0.15, -0.1) is 0 Å². The number of likely N-dealkylation sites (tertiary alicyclic amines) is 1. The Kier molecular flexibility index (Phi) is 6.64. The Hall–Kier alpha value is -2.04. The van der Waals surface area contributed by atoms with Gasteiger partial charge in [0.1, 0.15) is 11.8 Å². The third-order valence-electron chi connectivity index (χ3n) is 4.33. The number of piperidine rings is 1. The summed E-state index contributed by atoms with van der Waals surface area (Å²) in [6, 6.07) is 6.47. The van der Waals surface area contributed by atoms with Crippen LogP contribution in [0.3, 0.4) is 0 Å². The Morgan fingerprint density at radius 3 is 2.29 bits per heavy atom. The van der Waals surface area contributed by atoms with E-state index in [1.54, 1.807) is 31.4 Å². The smallest absolute Gasteiger partial charge is 0.251 e. The molecule has 1 aliphatic rings. The Bertz CT molecular complexity index is 548. The quantitative estimate of drug-likeness (QED) is 0.871. The lowest BCUT2D eigenvalue weighted by atomic mass is 10.0. The highest BCUT2D eigenvalue weighted by Gasteiger charge is 2.27. The molecule has 1 aromatic rings. The molecule has 1 heterocycles. The van der Waals surface area contributed by atoms with Crippen LogP contribution >= 0.6 is 0 Å². The van der Waals surface area contributed by atoms with Gasteiger partial charge in [0.2, 0.25) is 5.91 Å². The fourth-order valence-corrected chi connectivity index (χ4v) is 3.01. The van der Waals surface area contributed by atoms with Crippen molar-refractivity contribution in [1.29, 1.82) is 0 Å². The van der Waals surface area contributed by atoms with Gasteiger partial charge >= 0.3 is 0 Å². The number of carbonyl (C=O) groups is 2. The predicted octanol–water partition coefficient (Wildman–Crippen LogP) is 2.85. The van der Waals surface area contributed by atoms with E-state index in [1.807, 2.05) is 4.90 Å². The fourth-order valence-electron chi connectivity index (χ4n) is 3.01. The van der Waals surface area contributed by atoms with Crippen LogP contribution in [0.15, 0.2) is 24.3 Å². The first-order valence-corrected chi connectivity index (χ1v) is 8.75. The number of hydrogen-bond donors (Lipinski definition) is 1. The molecule has 0 aliphatic carbocycles. The fraction of sp³-hybridized carbons (Fsp3) is 0.579. The normalized spacial score (nSPS) is 15.9. The van der Waals surface area contributed by atoms with Crippen molar-refractivity contribution in [2.24, 2.45) is 5.92 Å². The van der Waals surface area contributed by atoms with Crippen molar-refractivity contribution in [1.82, 2.24) is 10.2 Å². The minimum absolute atomic E-state index is 0.0465. The lowest BCUT2D eigenvalue weighted by Crippen LogP contribution is -2.50. The van der Waals surface area contributed by atoms with E-state index in [0.29, 0.717) is 23.7 Å². The zero-order valence-electron chi connectivity index (χ0n) is 14.9. The monoisotopic (exact) mass is 332 g/mol. The van der Waals surface area contributed by atoms with E-state index < -0.39 is 6.04 Å². The number of nitrogens with one attached hydrogen (secondary N) is 1. The Morgan fingerprint density at radius 1 is 1.12 bits per heavy atom. The van der Waals surface area contributed by atoms with Gasteiger partial charge in [0.15, 0.2) is 0 Å². The molecule has 2 amide bonds. The number of nitrogens with zero attached hydrogens (tertiary/aromatic N) is 1. The van der Waals surface area contributed by atoms with Crippen LogP contribution in [0.2, 0.25) is 0 Å². The number of rotatable bonds is 6. The second kappa shape index (κ2) is 8.71. The third kappa shape index (κ3) is 4.98. The van der Waals surface area contributed by atoms with Crippen molar-refractivity contribution in [3.05, 3.63) is 29.8 Å². The molecule has 0 saturated carbocycles.